The minimum absolute atomic E-state index is 0.0655. The van der Waals surface area contributed by atoms with Crippen molar-refractivity contribution in [3.05, 3.63) is 29.8 Å². The molecular formula is C14H19F3O3. The average molecular weight is 292 g/mol. The fourth-order valence-electron chi connectivity index (χ4n) is 2.16. The summed E-state index contributed by atoms with van der Waals surface area (Å²) in [6.07, 6.45) is -6.15. The van der Waals surface area contributed by atoms with E-state index < -0.39 is 24.3 Å². The van der Waals surface area contributed by atoms with Crippen LogP contribution in [0.25, 0.3) is 0 Å². The molecule has 114 valence electrons. The summed E-state index contributed by atoms with van der Waals surface area (Å²) in [6.45, 7) is 3.70. The monoisotopic (exact) mass is 292 g/mol. The van der Waals surface area contributed by atoms with Gasteiger partial charge in [-0.25, -0.2) is 0 Å². The third-order valence-electron chi connectivity index (χ3n) is 3.32. The molecule has 1 aromatic carbocycles. The van der Waals surface area contributed by atoms with Gasteiger partial charge in [0.1, 0.15) is 11.9 Å². The van der Waals surface area contributed by atoms with E-state index >= 15 is 0 Å². The second-order valence-corrected chi connectivity index (χ2v) is 4.60. The van der Waals surface area contributed by atoms with E-state index in [0.29, 0.717) is 12.8 Å². The summed E-state index contributed by atoms with van der Waals surface area (Å²) in [4.78, 5) is 0. The molecule has 0 aliphatic heterocycles. The molecule has 6 heteroatoms. The van der Waals surface area contributed by atoms with Crippen molar-refractivity contribution >= 4 is 0 Å². The van der Waals surface area contributed by atoms with Gasteiger partial charge < -0.3 is 14.9 Å². The molecule has 0 aromatic heterocycles. The Morgan fingerprint density at radius 1 is 1.10 bits per heavy atom. The van der Waals surface area contributed by atoms with Crippen LogP contribution in [-0.2, 0) is 0 Å². The van der Waals surface area contributed by atoms with Gasteiger partial charge in [-0.2, -0.15) is 0 Å². The van der Waals surface area contributed by atoms with Gasteiger partial charge in [-0.15, -0.1) is 13.2 Å². The van der Waals surface area contributed by atoms with Crippen LogP contribution in [0.4, 0.5) is 13.2 Å². The number of para-hydroxylation sites is 1. The maximum absolute atomic E-state index is 12.3. The Labute approximate surface area is 116 Å². The van der Waals surface area contributed by atoms with Gasteiger partial charge in [0.25, 0.3) is 0 Å². The summed E-state index contributed by atoms with van der Waals surface area (Å²) < 4.78 is 40.8. The quantitative estimate of drug-likeness (QED) is 0.844. The van der Waals surface area contributed by atoms with E-state index in [2.05, 4.69) is 4.74 Å². The Balaban J connectivity index is 3.00. The minimum atomic E-state index is -4.84. The molecule has 0 bridgehead atoms. The van der Waals surface area contributed by atoms with Crippen molar-refractivity contribution in [3.63, 3.8) is 0 Å². The van der Waals surface area contributed by atoms with Gasteiger partial charge in [-0.1, -0.05) is 44.9 Å². The Kier molecular flexibility index (Phi) is 5.83. The van der Waals surface area contributed by atoms with Crippen LogP contribution in [0, 0.1) is 5.92 Å². The van der Waals surface area contributed by atoms with Crippen molar-refractivity contribution in [2.75, 3.05) is 0 Å². The van der Waals surface area contributed by atoms with Crippen LogP contribution in [0.15, 0.2) is 24.3 Å². The van der Waals surface area contributed by atoms with Gasteiger partial charge in [0.05, 0.1) is 6.10 Å². The van der Waals surface area contributed by atoms with E-state index in [1.54, 1.807) is 0 Å². The van der Waals surface area contributed by atoms with E-state index in [0.717, 1.165) is 6.07 Å². The van der Waals surface area contributed by atoms with Crippen LogP contribution in [0.1, 0.15) is 38.4 Å². The summed E-state index contributed by atoms with van der Waals surface area (Å²) in [5.41, 5.74) is -0.0655. The molecule has 0 saturated carbocycles. The number of aliphatic hydroxyl groups is 2. The molecule has 1 rings (SSSR count). The highest BCUT2D eigenvalue weighted by molar-refractivity contribution is 5.35. The lowest BCUT2D eigenvalue weighted by Gasteiger charge is -2.26. The highest BCUT2D eigenvalue weighted by Gasteiger charge is 2.34. The standard InChI is InChI=1S/C14H19F3O3/c1-3-9(4-2)12(18)13(19)10-7-5-6-8-11(10)20-14(15,16)17/h5-9,12-13,18-19H,3-4H2,1-2H3. The van der Waals surface area contributed by atoms with Crippen LogP contribution in [-0.4, -0.2) is 22.7 Å². The van der Waals surface area contributed by atoms with Crippen LogP contribution in [0.2, 0.25) is 0 Å². The first-order valence-corrected chi connectivity index (χ1v) is 6.50. The zero-order chi connectivity index (χ0) is 15.3. The highest BCUT2D eigenvalue weighted by atomic mass is 19.4. The Morgan fingerprint density at radius 3 is 2.15 bits per heavy atom. The number of ether oxygens (including phenoxy) is 1. The first kappa shape index (κ1) is 16.8. The number of halogens is 3. The molecule has 20 heavy (non-hydrogen) atoms. The molecule has 2 atom stereocenters. The highest BCUT2D eigenvalue weighted by Crippen LogP contribution is 2.34. The minimum Gasteiger partial charge on any atom is -0.405 e. The fourth-order valence-corrected chi connectivity index (χ4v) is 2.16. The molecule has 0 spiro atoms. The maximum atomic E-state index is 12.3. The van der Waals surface area contributed by atoms with Crippen molar-refractivity contribution in [1.82, 2.24) is 0 Å². The van der Waals surface area contributed by atoms with Crippen molar-refractivity contribution in [1.29, 1.82) is 0 Å². The zero-order valence-corrected chi connectivity index (χ0v) is 11.4. The summed E-state index contributed by atoms with van der Waals surface area (Å²) >= 11 is 0. The number of hydrogen-bond donors (Lipinski definition) is 2. The van der Waals surface area contributed by atoms with Gasteiger partial charge in [0.15, 0.2) is 0 Å². The Bertz CT molecular complexity index is 416. The molecule has 0 amide bonds. The molecule has 0 aliphatic rings. The zero-order valence-electron chi connectivity index (χ0n) is 11.4. The number of aliphatic hydroxyl groups excluding tert-OH is 2. The van der Waals surface area contributed by atoms with E-state index in [4.69, 9.17) is 0 Å². The summed E-state index contributed by atoms with van der Waals surface area (Å²) in [7, 11) is 0. The van der Waals surface area contributed by atoms with Crippen LogP contribution < -0.4 is 4.74 Å². The van der Waals surface area contributed by atoms with Crippen molar-refractivity contribution in [3.8, 4) is 5.75 Å². The third kappa shape index (κ3) is 4.38. The normalized spacial score (nSPS) is 15.2. The van der Waals surface area contributed by atoms with Crippen molar-refractivity contribution in [2.24, 2.45) is 5.92 Å². The fraction of sp³-hybridized carbons (Fsp3) is 0.571. The maximum Gasteiger partial charge on any atom is 0.573 e. The van der Waals surface area contributed by atoms with Crippen LogP contribution >= 0.6 is 0 Å². The lowest BCUT2D eigenvalue weighted by atomic mass is 9.89. The summed E-state index contributed by atoms with van der Waals surface area (Å²) in [6, 6.07) is 5.30. The van der Waals surface area contributed by atoms with Crippen molar-refractivity contribution in [2.45, 2.75) is 45.3 Å². The lowest BCUT2D eigenvalue weighted by molar-refractivity contribution is -0.275. The molecule has 3 nitrogen and oxygen atoms in total. The van der Waals surface area contributed by atoms with Gasteiger partial charge in [0.2, 0.25) is 0 Å². The SMILES string of the molecule is CCC(CC)C(O)C(O)c1ccccc1OC(F)(F)F. The number of benzene rings is 1. The van der Waals surface area contributed by atoms with Gasteiger partial charge in [-0.3, -0.25) is 0 Å². The second kappa shape index (κ2) is 6.95. The Morgan fingerprint density at radius 2 is 1.65 bits per heavy atom. The number of rotatable bonds is 6. The predicted octanol–water partition coefficient (Wildman–Crippen LogP) is 3.42. The smallest absolute Gasteiger partial charge is 0.405 e. The molecule has 0 fully saturated rings. The lowest BCUT2D eigenvalue weighted by Crippen LogP contribution is -2.28. The molecule has 0 heterocycles. The van der Waals surface area contributed by atoms with Gasteiger partial charge >= 0.3 is 6.36 Å². The van der Waals surface area contributed by atoms with E-state index in [1.165, 1.54) is 18.2 Å². The summed E-state index contributed by atoms with van der Waals surface area (Å²) in [5.74, 6) is -0.679. The topological polar surface area (TPSA) is 49.7 Å². The number of hydrogen-bond acceptors (Lipinski definition) is 3. The summed E-state index contributed by atoms with van der Waals surface area (Å²) in [5, 5.41) is 20.2. The van der Waals surface area contributed by atoms with Gasteiger partial charge in [0, 0.05) is 5.56 Å². The molecule has 2 N–H and O–H groups in total. The van der Waals surface area contributed by atoms with E-state index in [9.17, 15) is 23.4 Å². The van der Waals surface area contributed by atoms with Crippen molar-refractivity contribution < 1.29 is 28.1 Å². The molecule has 1 aromatic rings. The van der Waals surface area contributed by atoms with E-state index in [1.807, 2.05) is 13.8 Å². The Hall–Kier alpha value is -1.27. The van der Waals surface area contributed by atoms with E-state index in [-0.39, 0.29) is 11.5 Å². The average Bonchev–Trinajstić information content (AvgIpc) is 2.38. The molecular weight excluding hydrogens is 273 g/mol. The number of alkyl halides is 3. The molecule has 2 unspecified atom stereocenters. The first-order valence-electron chi connectivity index (χ1n) is 6.50. The first-order chi connectivity index (χ1) is 9.30. The predicted molar refractivity (Wildman–Crippen MR) is 68.2 cm³/mol. The molecule has 0 aliphatic carbocycles. The second-order valence-electron chi connectivity index (χ2n) is 4.60. The molecule has 0 saturated heterocycles. The van der Waals surface area contributed by atoms with Gasteiger partial charge in [-0.05, 0) is 12.0 Å². The van der Waals surface area contributed by atoms with Crippen LogP contribution in [0.3, 0.4) is 0 Å². The van der Waals surface area contributed by atoms with Crippen LogP contribution in [0.5, 0.6) is 5.75 Å². The largest absolute Gasteiger partial charge is 0.573 e. The molecule has 0 radical (unpaired) electrons. The third-order valence-corrected chi connectivity index (χ3v) is 3.32.